The molecule has 3 amide bonds. The van der Waals surface area contributed by atoms with Crippen molar-refractivity contribution in [2.24, 2.45) is 4.99 Å². The lowest BCUT2D eigenvalue weighted by Gasteiger charge is -2.13. The summed E-state index contributed by atoms with van der Waals surface area (Å²) in [5.41, 5.74) is 0.665. The summed E-state index contributed by atoms with van der Waals surface area (Å²) in [6.45, 7) is 3.38. The first kappa shape index (κ1) is 19.9. The third-order valence-electron chi connectivity index (χ3n) is 3.13. The molecule has 0 fully saturated rings. The summed E-state index contributed by atoms with van der Waals surface area (Å²) in [5.74, 6) is -6.49. The molecule has 2 rings (SSSR count). The summed E-state index contributed by atoms with van der Waals surface area (Å²) in [6, 6.07) is 5.99. The molecule has 8 nitrogen and oxygen atoms in total. The second-order valence-electron chi connectivity index (χ2n) is 4.74. The zero-order valence-corrected chi connectivity index (χ0v) is 14.5. The van der Waals surface area contributed by atoms with Gasteiger partial charge >= 0.3 is 5.76 Å². The summed E-state index contributed by atoms with van der Waals surface area (Å²) >= 11 is 0.609. The van der Waals surface area contributed by atoms with Crippen LogP contribution in [0, 0.1) is 0 Å². The zero-order chi connectivity index (χ0) is 19.5. The van der Waals surface area contributed by atoms with Gasteiger partial charge in [0.2, 0.25) is 0 Å². The minimum absolute atomic E-state index is 0.131. The summed E-state index contributed by atoms with van der Waals surface area (Å²) in [4.78, 5) is 40.3. The number of thioether (sulfide) groups is 1. The Morgan fingerprint density at radius 2 is 1.81 bits per heavy atom. The number of nitrogens with one attached hydrogen (secondary N) is 1. The number of imide groups is 1. The van der Waals surface area contributed by atoms with Crippen LogP contribution in [0.5, 0.6) is 0 Å². The Morgan fingerprint density at radius 1 is 1.27 bits per heavy atom. The standard InChI is InChI=1S/C14H11F2N3O5S2/c1-8(11(20)17-6-25-7-18-26(23,24)14(15)16)19-12(21)9-4-2-3-5-10(9)13(19)22/h2-6,14,18H,1,7H2. The highest BCUT2D eigenvalue weighted by atomic mass is 32.2. The monoisotopic (exact) mass is 403 g/mol. The number of alkyl halides is 2. The number of aliphatic imine (C=N–C) groups is 1. The molecule has 0 atom stereocenters. The molecule has 0 unspecified atom stereocenters. The average molecular weight is 403 g/mol. The van der Waals surface area contributed by atoms with E-state index in [-0.39, 0.29) is 11.1 Å². The van der Waals surface area contributed by atoms with E-state index in [2.05, 4.69) is 11.6 Å². The molecule has 0 saturated carbocycles. The molecule has 0 aromatic heterocycles. The Bertz CT molecular complexity index is 880. The van der Waals surface area contributed by atoms with Crippen LogP contribution in [0.2, 0.25) is 0 Å². The van der Waals surface area contributed by atoms with Crippen LogP contribution >= 0.6 is 11.8 Å². The predicted octanol–water partition coefficient (Wildman–Crippen LogP) is 1.18. The largest absolute Gasteiger partial charge is 0.350 e. The van der Waals surface area contributed by atoms with Crippen LogP contribution in [0.4, 0.5) is 8.78 Å². The number of rotatable bonds is 7. The lowest BCUT2D eigenvalue weighted by atomic mass is 10.1. The highest BCUT2D eigenvalue weighted by molar-refractivity contribution is 8.12. The molecule has 1 aliphatic rings. The minimum Gasteiger partial charge on any atom is -0.268 e. The fourth-order valence-electron chi connectivity index (χ4n) is 1.91. The number of carbonyl (C=O) groups excluding carboxylic acids is 3. The van der Waals surface area contributed by atoms with Crippen molar-refractivity contribution in [1.82, 2.24) is 9.62 Å². The molecule has 12 heteroatoms. The van der Waals surface area contributed by atoms with E-state index in [4.69, 9.17) is 0 Å². The molecule has 26 heavy (non-hydrogen) atoms. The number of sulfonamides is 1. The van der Waals surface area contributed by atoms with Gasteiger partial charge in [-0.3, -0.25) is 14.4 Å². The fraction of sp³-hybridized carbons (Fsp3) is 0.143. The van der Waals surface area contributed by atoms with Gasteiger partial charge in [-0.2, -0.15) is 13.5 Å². The molecule has 0 saturated heterocycles. The van der Waals surface area contributed by atoms with Crippen LogP contribution < -0.4 is 4.72 Å². The number of hydrogen-bond acceptors (Lipinski definition) is 6. The number of carbonyl (C=O) groups is 3. The predicted molar refractivity (Wildman–Crippen MR) is 90.1 cm³/mol. The number of nitrogens with zero attached hydrogens (tertiary/aromatic N) is 2. The van der Waals surface area contributed by atoms with E-state index < -0.39 is 45.1 Å². The van der Waals surface area contributed by atoms with Crippen LogP contribution in [0.1, 0.15) is 20.7 Å². The van der Waals surface area contributed by atoms with Crippen molar-refractivity contribution in [2.45, 2.75) is 5.76 Å². The van der Waals surface area contributed by atoms with Crippen LogP contribution in [-0.4, -0.2) is 48.2 Å². The van der Waals surface area contributed by atoms with E-state index in [9.17, 15) is 31.6 Å². The van der Waals surface area contributed by atoms with E-state index in [1.165, 1.54) is 12.1 Å². The molecule has 0 spiro atoms. The average Bonchev–Trinajstić information content (AvgIpc) is 2.85. The molecule has 0 radical (unpaired) electrons. The van der Waals surface area contributed by atoms with Gasteiger partial charge in [0, 0.05) is 0 Å². The molecule has 138 valence electrons. The Hall–Kier alpha value is -2.44. The van der Waals surface area contributed by atoms with Crippen molar-refractivity contribution >= 4 is 45.1 Å². The maximum absolute atomic E-state index is 12.2. The van der Waals surface area contributed by atoms with Crippen molar-refractivity contribution < 1.29 is 31.6 Å². The van der Waals surface area contributed by atoms with Gasteiger partial charge in [-0.25, -0.2) is 18.3 Å². The van der Waals surface area contributed by atoms with Gasteiger partial charge in [-0.1, -0.05) is 30.5 Å². The summed E-state index contributed by atoms with van der Waals surface area (Å²) in [7, 11) is -4.74. The van der Waals surface area contributed by atoms with Crippen molar-refractivity contribution in [3.8, 4) is 0 Å². The lowest BCUT2D eigenvalue weighted by molar-refractivity contribution is -0.115. The van der Waals surface area contributed by atoms with E-state index >= 15 is 0 Å². The maximum Gasteiger partial charge on any atom is 0.350 e. The van der Waals surface area contributed by atoms with Crippen LogP contribution in [-0.2, 0) is 14.8 Å². The summed E-state index contributed by atoms with van der Waals surface area (Å²) in [6.07, 6.45) is 0. The van der Waals surface area contributed by atoms with Crippen LogP contribution in [0.3, 0.4) is 0 Å². The molecule has 0 bridgehead atoms. The number of hydrogen-bond donors (Lipinski definition) is 1. The third kappa shape index (κ3) is 4.03. The Balaban J connectivity index is 1.96. The first-order valence-electron chi connectivity index (χ1n) is 6.78. The summed E-state index contributed by atoms with van der Waals surface area (Å²) in [5, 5.41) is 0. The van der Waals surface area contributed by atoms with Gasteiger partial charge in [-0.15, -0.1) is 0 Å². The van der Waals surface area contributed by atoms with Crippen LogP contribution in [0.15, 0.2) is 41.5 Å². The van der Waals surface area contributed by atoms with Crippen molar-refractivity contribution in [3.63, 3.8) is 0 Å². The second kappa shape index (κ2) is 7.85. The molecule has 0 aliphatic carbocycles. The molecule has 1 aromatic rings. The van der Waals surface area contributed by atoms with Crippen molar-refractivity contribution in [1.29, 1.82) is 0 Å². The number of fused-ring (bicyclic) bond motifs is 1. The smallest absolute Gasteiger partial charge is 0.268 e. The molecular weight excluding hydrogens is 392 g/mol. The van der Waals surface area contributed by atoms with E-state index in [0.29, 0.717) is 16.7 Å². The number of benzene rings is 1. The first-order chi connectivity index (χ1) is 12.2. The summed E-state index contributed by atoms with van der Waals surface area (Å²) < 4.78 is 47.4. The zero-order valence-electron chi connectivity index (χ0n) is 12.9. The highest BCUT2D eigenvalue weighted by Crippen LogP contribution is 2.25. The lowest BCUT2D eigenvalue weighted by Crippen LogP contribution is -2.31. The van der Waals surface area contributed by atoms with Crippen LogP contribution in [0.25, 0.3) is 0 Å². The first-order valence-corrected chi connectivity index (χ1v) is 9.38. The van der Waals surface area contributed by atoms with Gasteiger partial charge in [0.15, 0.2) is 0 Å². The highest BCUT2D eigenvalue weighted by Gasteiger charge is 2.38. The Morgan fingerprint density at radius 3 is 2.31 bits per heavy atom. The quantitative estimate of drug-likeness (QED) is 0.183. The molecule has 1 heterocycles. The minimum atomic E-state index is -4.74. The molecule has 1 aliphatic heterocycles. The van der Waals surface area contributed by atoms with E-state index in [1.54, 1.807) is 16.9 Å². The van der Waals surface area contributed by atoms with Gasteiger partial charge in [0.25, 0.3) is 27.7 Å². The molecular formula is C14H11F2N3O5S2. The SMILES string of the molecule is C=C(C(=O)N=CSCNS(=O)(=O)C(F)F)N1C(=O)c2ccccc2C1=O. The van der Waals surface area contributed by atoms with E-state index in [0.717, 1.165) is 5.55 Å². The maximum atomic E-state index is 12.2. The Labute approximate surface area is 151 Å². The van der Waals surface area contributed by atoms with E-state index in [1.807, 2.05) is 0 Å². The van der Waals surface area contributed by atoms with Gasteiger partial charge in [0.1, 0.15) is 5.70 Å². The van der Waals surface area contributed by atoms with Gasteiger partial charge < -0.3 is 0 Å². The van der Waals surface area contributed by atoms with Gasteiger partial charge in [0.05, 0.1) is 22.6 Å². The normalized spacial score (nSPS) is 14.3. The Kier molecular flexibility index (Phi) is 6.00. The van der Waals surface area contributed by atoms with Gasteiger partial charge in [-0.05, 0) is 12.1 Å². The number of halogens is 2. The molecule has 1 N–H and O–H groups in total. The third-order valence-corrected chi connectivity index (χ3v) is 4.90. The number of amides is 3. The van der Waals surface area contributed by atoms with Crippen molar-refractivity contribution in [2.75, 3.05) is 5.88 Å². The fourth-order valence-corrected chi connectivity index (χ4v) is 3.21. The second-order valence-corrected chi connectivity index (χ2v) is 7.31. The topological polar surface area (TPSA) is 113 Å². The van der Waals surface area contributed by atoms with Crippen molar-refractivity contribution in [3.05, 3.63) is 47.7 Å². The molecule has 1 aromatic carbocycles.